The lowest BCUT2D eigenvalue weighted by Gasteiger charge is -2.35. The fourth-order valence-corrected chi connectivity index (χ4v) is 5.28. The van der Waals surface area contributed by atoms with E-state index >= 15 is 0 Å². The van der Waals surface area contributed by atoms with Crippen molar-refractivity contribution in [3.05, 3.63) is 66.2 Å². The molecule has 3 N–H and O–H groups in total. The first kappa shape index (κ1) is 24.7. The minimum Gasteiger partial charge on any atom is -0.508 e. The van der Waals surface area contributed by atoms with Gasteiger partial charge < -0.3 is 15.7 Å². The number of aryl methyl sites for hydroxylation is 1. The molecule has 0 atom stereocenters. The van der Waals surface area contributed by atoms with Crippen molar-refractivity contribution in [2.45, 2.75) is 25.7 Å². The van der Waals surface area contributed by atoms with Crippen molar-refractivity contribution in [3.8, 4) is 5.75 Å². The first-order valence-corrected chi connectivity index (χ1v) is 12.0. The number of anilines is 1. The van der Waals surface area contributed by atoms with E-state index in [0.717, 1.165) is 22.0 Å². The van der Waals surface area contributed by atoms with Gasteiger partial charge in [0, 0.05) is 37.3 Å². The summed E-state index contributed by atoms with van der Waals surface area (Å²) in [7, 11) is -2.05. The first-order valence-electron chi connectivity index (χ1n) is 10.6. The van der Waals surface area contributed by atoms with E-state index in [1.54, 1.807) is 22.5 Å². The van der Waals surface area contributed by atoms with Crippen molar-refractivity contribution in [1.29, 1.82) is 0 Å². The molecule has 1 aliphatic rings. The van der Waals surface area contributed by atoms with E-state index in [1.165, 1.54) is 7.05 Å². The van der Waals surface area contributed by atoms with Crippen molar-refractivity contribution in [3.63, 3.8) is 0 Å². The predicted molar refractivity (Wildman–Crippen MR) is 129 cm³/mol. The van der Waals surface area contributed by atoms with Crippen LogP contribution in [0.15, 0.2) is 65.6 Å². The average molecular weight is 444 g/mol. The summed E-state index contributed by atoms with van der Waals surface area (Å²) < 4.78 is 28.1. The van der Waals surface area contributed by atoms with E-state index in [0.29, 0.717) is 31.1 Å². The molecule has 0 radical (unpaired) electrons. The second-order valence-electron chi connectivity index (χ2n) is 6.83. The largest absolute Gasteiger partial charge is 0.508 e. The lowest BCUT2D eigenvalue weighted by Crippen LogP contribution is -2.48. The van der Waals surface area contributed by atoms with Crippen LogP contribution in [0.4, 0.5) is 5.69 Å². The second-order valence-corrected chi connectivity index (χ2v) is 8.74. The van der Waals surface area contributed by atoms with Gasteiger partial charge in [-0.15, -0.1) is 0 Å². The Morgan fingerprint density at radius 2 is 1.35 bits per heavy atom. The Bertz CT molecular complexity index is 1070. The fourth-order valence-electron chi connectivity index (χ4n) is 3.65. The molecule has 168 valence electrons. The Balaban J connectivity index is 0.000000807. The molecular weight excluding hydrogens is 410 g/mol. The van der Waals surface area contributed by atoms with Crippen LogP contribution >= 0.6 is 0 Å². The highest BCUT2D eigenvalue weighted by Crippen LogP contribution is 2.29. The standard InChI is InChI=1S/C21H22N2O3S.C2H6.CH5N/c1-16-4-2-6-20-19(16)5-3-7-21(20)27(25,26)23-14-12-22(13-15-23)17-8-10-18(24)11-9-17;2*1-2/h2-11,24H,12-15H2,1H3;1-2H3;2H2,1H3. The summed E-state index contributed by atoms with van der Waals surface area (Å²) in [4.78, 5) is 2.51. The number of benzene rings is 3. The number of phenolic OH excluding ortho intramolecular Hbond substituents is 1. The predicted octanol–water partition coefficient (Wildman–Crippen LogP) is 3.97. The maximum atomic E-state index is 13.3. The van der Waals surface area contributed by atoms with Crippen molar-refractivity contribution in [2.24, 2.45) is 5.73 Å². The number of hydrogen-bond acceptors (Lipinski definition) is 5. The van der Waals surface area contributed by atoms with Crippen LogP contribution in [0.5, 0.6) is 5.75 Å². The van der Waals surface area contributed by atoms with Gasteiger partial charge in [0.2, 0.25) is 10.0 Å². The van der Waals surface area contributed by atoms with E-state index < -0.39 is 10.0 Å². The van der Waals surface area contributed by atoms with E-state index in [-0.39, 0.29) is 5.75 Å². The van der Waals surface area contributed by atoms with Gasteiger partial charge in [-0.1, -0.05) is 44.2 Å². The zero-order valence-corrected chi connectivity index (χ0v) is 19.6. The Morgan fingerprint density at radius 1 is 0.806 bits per heavy atom. The van der Waals surface area contributed by atoms with Crippen molar-refractivity contribution < 1.29 is 13.5 Å². The average Bonchev–Trinajstić information content (AvgIpc) is 2.82. The molecule has 0 saturated carbocycles. The maximum absolute atomic E-state index is 13.3. The molecule has 1 saturated heterocycles. The van der Waals surface area contributed by atoms with Crippen LogP contribution in [0.2, 0.25) is 0 Å². The van der Waals surface area contributed by atoms with Gasteiger partial charge in [0.25, 0.3) is 0 Å². The van der Waals surface area contributed by atoms with Gasteiger partial charge in [0.1, 0.15) is 5.75 Å². The smallest absolute Gasteiger partial charge is 0.243 e. The third-order valence-corrected chi connectivity index (χ3v) is 7.13. The monoisotopic (exact) mass is 443 g/mol. The van der Waals surface area contributed by atoms with Crippen molar-refractivity contribution in [2.75, 3.05) is 38.1 Å². The maximum Gasteiger partial charge on any atom is 0.243 e. The third kappa shape index (κ3) is 5.36. The molecule has 0 spiro atoms. The normalized spacial score (nSPS) is 14.3. The molecule has 0 bridgehead atoms. The Hall–Kier alpha value is -2.61. The molecule has 3 aromatic rings. The summed E-state index contributed by atoms with van der Waals surface area (Å²) in [6.07, 6.45) is 0. The molecule has 1 heterocycles. The number of phenols is 1. The van der Waals surface area contributed by atoms with Crippen LogP contribution in [-0.2, 0) is 10.0 Å². The van der Waals surface area contributed by atoms with Crippen LogP contribution in [0.25, 0.3) is 10.8 Å². The highest BCUT2D eigenvalue weighted by Gasteiger charge is 2.29. The minimum atomic E-state index is -3.55. The topological polar surface area (TPSA) is 86.9 Å². The van der Waals surface area contributed by atoms with E-state index in [4.69, 9.17) is 0 Å². The van der Waals surface area contributed by atoms with Crippen LogP contribution in [0.3, 0.4) is 0 Å². The molecule has 0 amide bonds. The molecule has 6 nitrogen and oxygen atoms in total. The summed E-state index contributed by atoms with van der Waals surface area (Å²) in [5.74, 6) is 0.228. The summed E-state index contributed by atoms with van der Waals surface area (Å²) >= 11 is 0. The Morgan fingerprint density at radius 3 is 1.97 bits per heavy atom. The highest BCUT2D eigenvalue weighted by molar-refractivity contribution is 7.89. The molecule has 0 aliphatic carbocycles. The molecule has 7 heteroatoms. The second kappa shape index (κ2) is 11.1. The van der Waals surface area contributed by atoms with Crippen LogP contribution in [0, 0.1) is 6.92 Å². The molecular formula is C24H33N3O3S. The summed E-state index contributed by atoms with van der Waals surface area (Å²) in [6.45, 7) is 8.10. The Kier molecular flexibility index (Phi) is 8.86. The van der Waals surface area contributed by atoms with E-state index in [1.807, 2.05) is 63.2 Å². The SMILES string of the molecule is CC.CN.Cc1cccc2c(S(=O)(=O)N3CCN(c4ccc(O)cc4)CC3)cccc12. The summed E-state index contributed by atoms with van der Waals surface area (Å²) in [5, 5.41) is 11.2. The van der Waals surface area contributed by atoms with E-state index in [2.05, 4.69) is 10.6 Å². The third-order valence-electron chi connectivity index (χ3n) is 5.17. The summed E-state index contributed by atoms with van der Waals surface area (Å²) in [5.41, 5.74) is 6.56. The number of rotatable bonds is 3. The highest BCUT2D eigenvalue weighted by atomic mass is 32.2. The van der Waals surface area contributed by atoms with Crippen LogP contribution in [-0.4, -0.2) is 51.1 Å². The molecule has 4 rings (SSSR count). The van der Waals surface area contributed by atoms with Gasteiger partial charge >= 0.3 is 0 Å². The first-order chi connectivity index (χ1) is 15.0. The van der Waals surface area contributed by atoms with Gasteiger partial charge in [-0.05, 0) is 55.3 Å². The van der Waals surface area contributed by atoms with Gasteiger partial charge in [-0.2, -0.15) is 4.31 Å². The van der Waals surface area contributed by atoms with Gasteiger partial charge in [0.15, 0.2) is 0 Å². The number of hydrogen-bond donors (Lipinski definition) is 2. The van der Waals surface area contributed by atoms with Crippen molar-refractivity contribution >= 4 is 26.5 Å². The molecule has 1 fully saturated rings. The van der Waals surface area contributed by atoms with Gasteiger partial charge in [-0.25, -0.2) is 8.42 Å². The van der Waals surface area contributed by atoms with Crippen LogP contribution < -0.4 is 10.6 Å². The molecule has 0 aromatic heterocycles. The zero-order chi connectivity index (χ0) is 23.0. The fraction of sp³-hybridized carbons (Fsp3) is 0.333. The lowest BCUT2D eigenvalue weighted by atomic mass is 10.1. The van der Waals surface area contributed by atoms with Gasteiger partial charge in [0.05, 0.1) is 4.90 Å². The molecule has 1 aliphatic heterocycles. The quantitative estimate of drug-likeness (QED) is 0.640. The minimum absolute atomic E-state index is 0.228. The lowest BCUT2D eigenvalue weighted by molar-refractivity contribution is 0.385. The zero-order valence-electron chi connectivity index (χ0n) is 18.7. The van der Waals surface area contributed by atoms with Crippen LogP contribution in [0.1, 0.15) is 19.4 Å². The molecule has 0 unspecified atom stereocenters. The molecule has 3 aromatic carbocycles. The van der Waals surface area contributed by atoms with Gasteiger partial charge in [-0.3, -0.25) is 0 Å². The van der Waals surface area contributed by atoms with E-state index in [9.17, 15) is 13.5 Å². The Labute approximate surface area is 186 Å². The number of nitrogens with two attached hydrogens (primary N) is 1. The number of fused-ring (bicyclic) bond motifs is 1. The number of piperazine rings is 1. The molecule has 31 heavy (non-hydrogen) atoms. The summed E-state index contributed by atoms with van der Waals surface area (Å²) in [6, 6.07) is 18.3. The van der Waals surface area contributed by atoms with Crippen molar-refractivity contribution in [1.82, 2.24) is 4.31 Å². The number of sulfonamides is 1. The number of nitrogens with zero attached hydrogens (tertiary/aromatic N) is 2. The number of aromatic hydroxyl groups is 1.